The van der Waals surface area contributed by atoms with Crippen LogP contribution in [0, 0.1) is 0 Å². The van der Waals surface area contributed by atoms with Crippen LogP contribution in [0.1, 0.15) is 174 Å². The lowest BCUT2D eigenvalue weighted by atomic mass is 9.85. The predicted molar refractivity (Wildman–Crippen MR) is 217 cm³/mol. The van der Waals surface area contributed by atoms with E-state index in [9.17, 15) is 44.6 Å². The number of allylic oxidation sites excluding steroid dienone is 4. The summed E-state index contributed by atoms with van der Waals surface area (Å²) in [5, 5.41) is 50.0. The van der Waals surface area contributed by atoms with Gasteiger partial charge in [-0.15, -0.1) is 0 Å². The Morgan fingerprint density at radius 2 is 0.964 bits per heavy atom. The van der Waals surface area contributed by atoms with Crippen molar-refractivity contribution in [1.29, 1.82) is 0 Å². The standard InChI is InChI=1S/C42H77O13P/c1-3-5-7-9-11-13-15-17-18-19-21-22-24-26-28-30-35(43)52-32-34(54-36(44)31-29-27-25-23-20-16-14-12-10-8-6-4-2)33-53-56(50,51)55-42-40(48)38(46)37(45)39(47)41(42)49/h17-18,21-22,34,37-42,45-49H,3-16,19-20,23-33H2,1-2H3,(H,50,51)/b18-17+,22-21+/t34-,37?,38-,39?,40?,41?,42?/m0/s1. The first-order valence-corrected chi connectivity index (χ1v) is 23.1. The third-order valence-electron chi connectivity index (χ3n) is 10.0. The number of phosphoric ester groups is 1. The van der Waals surface area contributed by atoms with Crippen molar-refractivity contribution in [2.75, 3.05) is 13.2 Å². The van der Waals surface area contributed by atoms with Crippen molar-refractivity contribution < 1.29 is 63.1 Å². The summed E-state index contributed by atoms with van der Waals surface area (Å²) in [6.07, 6.45) is 21.0. The fourth-order valence-corrected chi connectivity index (χ4v) is 7.47. The molecule has 0 spiro atoms. The average molecular weight is 821 g/mol. The molecule has 328 valence electrons. The Morgan fingerprint density at radius 3 is 1.48 bits per heavy atom. The van der Waals surface area contributed by atoms with Gasteiger partial charge in [-0.25, -0.2) is 4.57 Å². The number of ether oxygens (including phenoxy) is 2. The largest absolute Gasteiger partial charge is 0.472 e. The molecule has 0 aliphatic heterocycles. The van der Waals surface area contributed by atoms with Crippen LogP contribution in [0.2, 0.25) is 0 Å². The molecule has 0 amide bonds. The summed E-state index contributed by atoms with van der Waals surface area (Å²) >= 11 is 0. The van der Waals surface area contributed by atoms with Crippen LogP contribution >= 0.6 is 7.82 Å². The van der Waals surface area contributed by atoms with Crippen molar-refractivity contribution in [1.82, 2.24) is 0 Å². The normalized spacial score (nSPS) is 23.1. The highest BCUT2D eigenvalue weighted by Crippen LogP contribution is 2.47. The quantitative estimate of drug-likeness (QED) is 0.0157. The van der Waals surface area contributed by atoms with Crippen LogP contribution in [0.15, 0.2) is 24.3 Å². The van der Waals surface area contributed by atoms with Gasteiger partial charge in [0.15, 0.2) is 6.10 Å². The molecule has 0 radical (unpaired) electrons. The molecule has 0 heterocycles. The summed E-state index contributed by atoms with van der Waals surface area (Å²) in [6, 6.07) is 0. The van der Waals surface area contributed by atoms with E-state index < -0.39 is 75.7 Å². The minimum absolute atomic E-state index is 0.0934. The summed E-state index contributed by atoms with van der Waals surface area (Å²) in [7, 11) is -5.12. The van der Waals surface area contributed by atoms with Gasteiger partial charge < -0.3 is 39.9 Å². The van der Waals surface area contributed by atoms with Crippen LogP contribution in [0.3, 0.4) is 0 Å². The second-order valence-corrected chi connectivity index (χ2v) is 16.6. The van der Waals surface area contributed by atoms with Crippen molar-refractivity contribution in [3.8, 4) is 0 Å². The molecule has 56 heavy (non-hydrogen) atoms. The molecule has 0 bridgehead atoms. The molecule has 0 aromatic carbocycles. The van der Waals surface area contributed by atoms with Gasteiger partial charge in [-0.05, 0) is 44.9 Å². The smallest absolute Gasteiger partial charge is 0.462 e. The van der Waals surface area contributed by atoms with Gasteiger partial charge in [0.1, 0.15) is 43.2 Å². The SMILES string of the molecule is CCCCCCCC/C=C/C/C=C/CCCCC(=O)OC[C@@H](COP(=O)(O)OC1C(O)C(O)C(O)[C@H](O)C1O)OC(=O)CCCCCCCCCCCCCC. The highest BCUT2D eigenvalue weighted by molar-refractivity contribution is 7.47. The second-order valence-electron chi connectivity index (χ2n) is 15.2. The number of esters is 2. The molecule has 0 saturated heterocycles. The number of hydrogen-bond acceptors (Lipinski definition) is 12. The average Bonchev–Trinajstić information content (AvgIpc) is 3.18. The molecule has 1 aliphatic rings. The summed E-state index contributed by atoms with van der Waals surface area (Å²) in [5.74, 6) is -1.13. The predicted octanol–water partition coefficient (Wildman–Crippen LogP) is 7.67. The highest BCUT2D eigenvalue weighted by Gasteiger charge is 2.51. The van der Waals surface area contributed by atoms with E-state index in [0.29, 0.717) is 12.8 Å². The Kier molecular flexibility index (Phi) is 31.0. The molecule has 6 N–H and O–H groups in total. The molecule has 1 aliphatic carbocycles. The maximum absolute atomic E-state index is 12.8. The molecule has 13 nitrogen and oxygen atoms in total. The molecule has 8 atom stereocenters. The number of aliphatic hydroxyl groups is 5. The molecular formula is C42H77O13P. The first-order valence-electron chi connectivity index (χ1n) is 21.6. The Hall–Kier alpha value is -1.67. The maximum atomic E-state index is 12.8. The van der Waals surface area contributed by atoms with Crippen LogP contribution in [0.5, 0.6) is 0 Å². The molecular weight excluding hydrogens is 743 g/mol. The van der Waals surface area contributed by atoms with Crippen LogP contribution < -0.4 is 0 Å². The van der Waals surface area contributed by atoms with Crippen molar-refractivity contribution in [3.05, 3.63) is 24.3 Å². The van der Waals surface area contributed by atoms with Crippen molar-refractivity contribution in [2.45, 2.75) is 217 Å². The van der Waals surface area contributed by atoms with E-state index in [-0.39, 0.29) is 12.8 Å². The number of unbranched alkanes of at least 4 members (excludes halogenated alkanes) is 19. The lowest BCUT2D eigenvalue weighted by Gasteiger charge is -2.41. The van der Waals surface area contributed by atoms with Gasteiger partial charge in [-0.1, -0.05) is 141 Å². The summed E-state index contributed by atoms with van der Waals surface area (Å²) < 4.78 is 33.4. The van der Waals surface area contributed by atoms with E-state index in [1.54, 1.807) is 0 Å². The van der Waals surface area contributed by atoms with Gasteiger partial charge in [0.25, 0.3) is 0 Å². The monoisotopic (exact) mass is 821 g/mol. The first kappa shape index (κ1) is 52.3. The Balaban J connectivity index is 2.51. The minimum atomic E-state index is -5.12. The molecule has 1 fully saturated rings. The number of phosphoric acid groups is 1. The molecule has 0 aromatic heterocycles. The van der Waals surface area contributed by atoms with Crippen LogP contribution in [-0.2, 0) is 32.7 Å². The zero-order chi connectivity index (χ0) is 41.4. The number of carbonyl (C=O) groups excluding carboxylic acids is 2. The summed E-state index contributed by atoms with van der Waals surface area (Å²) in [5.41, 5.74) is 0. The van der Waals surface area contributed by atoms with Gasteiger partial charge in [-0.2, -0.15) is 0 Å². The van der Waals surface area contributed by atoms with Gasteiger partial charge in [0.05, 0.1) is 6.61 Å². The van der Waals surface area contributed by atoms with Gasteiger partial charge in [0, 0.05) is 12.8 Å². The summed E-state index contributed by atoms with van der Waals surface area (Å²) in [4.78, 5) is 35.5. The molecule has 6 unspecified atom stereocenters. The molecule has 1 rings (SSSR count). The van der Waals surface area contributed by atoms with Gasteiger partial charge in [-0.3, -0.25) is 18.6 Å². The number of hydrogen-bond donors (Lipinski definition) is 6. The van der Waals surface area contributed by atoms with Crippen LogP contribution in [0.4, 0.5) is 0 Å². The van der Waals surface area contributed by atoms with Gasteiger partial charge in [0.2, 0.25) is 0 Å². The Bertz CT molecular complexity index is 1090. The number of rotatable bonds is 35. The number of aliphatic hydroxyl groups excluding tert-OH is 5. The minimum Gasteiger partial charge on any atom is -0.462 e. The Labute approximate surface area is 336 Å². The maximum Gasteiger partial charge on any atom is 0.472 e. The molecule has 14 heteroatoms. The lowest BCUT2D eigenvalue weighted by molar-refractivity contribution is -0.220. The van der Waals surface area contributed by atoms with Crippen LogP contribution in [-0.4, -0.2) is 98.3 Å². The first-order chi connectivity index (χ1) is 26.9. The van der Waals surface area contributed by atoms with E-state index >= 15 is 0 Å². The van der Waals surface area contributed by atoms with Gasteiger partial charge >= 0.3 is 19.8 Å². The van der Waals surface area contributed by atoms with E-state index in [1.165, 1.54) is 83.5 Å². The zero-order valence-corrected chi connectivity index (χ0v) is 35.3. The van der Waals surface area contributed by atoms with E-state index in [4.69, 9.17) is 18.5 Å². The number of carbonyl (C=O) groups is 2. The van der Waals surface area contributed by atoms with Crippen molar-refractivity contribution in [3.63, 3.8) is 0 Å². The Morgan fingerprint density at radius 1 is 0.554 bits per heavy atom. The fraction of sp³-hybridized carbons (Fsp3) is 0.857. The van der Waals surface area contributed by atoms with Crippen molar-refractivity contribution >= 4 is 19.8 Å². The fourth-order valence-electron chi connectivity index (χ4n) is 6.49. The second kappa shape index (κ2) is 33.2. The molecule has 1 saturated carbocycles. The third-order valence-corrected chi connectivity index (χ3v) is 11.0. The highest BCUT2D eigenvalue weighted by atomic mass is 31.2. The zero-order valence-electron chi connectivity index (χ0n) is 34.4. The third kappa shape index (κ3) is 25.6. The van der Waals surface area contributed by atoms with Crippen molar-refractivity contribution in [2.24, 2.45) is 0 Å². The van der Waals surface area contributed by atoms with Crippen LogP contribution in [0.25, 0.3) is 0 Å². The van der Waals surface area contributed by atoms with E-state index in [0.717, 1.165) is 51.4 Å². The molecule has 0 aromatic rings. The topological polar surface area (TPSA) is 210 Å². The lowest BCUT2D eigenvalue weighted by Crippen LogP contribution is -2.64. The van der Waals surface area contributed by atoms with E-state index in [2.05, 4.69) is 38.2 Å². The van der Waals surface area contributed by atoms with E-state index in [1.807, 2.05) is 0 Å². The summed E-state index contributed by atoms with van der Waals surface area (Å²) in [6.45, 7) is 3.24.